The second kappa shape index (κ2) is 4.66. The first-order valence-electron chi connectivity index (χ1n) is 4.05. The predicted molar refractivity (Wildman–Crippen MR) is 53.6 cm³/mol. The Morgan fingerprint density at radius 1 is 1.71 bits per heavy atom. The Bertz CT molecular complexity index is 336. The summed E-state index contributed by atoms with van der Waals surface area (Å²) in [6, 6.07) is 0. The Hall–Kier alpha value is -0.740. The van der Waals surface area contributed by atoms with Crippen LogP contribution in [0.15, 0.2) is 6.20 Å². The summed E-state index contributed by atoms with van der Waals surface area (Å²) in [5.41, 5.74) is 0.760. The lowest BCUT2D eigenvalue weighted by atomic mass is 10.2. The van der Waals surface area contributed by atoms with Crippen LogP contribution in [0.1, 0.15) is 27.8 Å². The van der Waals surface area contributed by atoms with E-state index in [1.165, 1.54) is 10.9 Å². The van der Waals surface area contributed by atoms with Gasteiger partial charge in [-0.2, -0.15) is 5.10 Å². The van der Waals surface area contributed by atoms with Gasteiger partial charge in [0.05, 0.1) is 18.5 Å². The zero-order valence-electron chi connectivity index (χ0n) is 7.83. The van der Waals surface area contributed by atoms with Crippen molar-refractivity contribution in [3.8, 4) is 0 Å². The molecule has 1 rings (SSSR count). The van der Waals surface area contributed by atoms with Crippen LogP contribution < -0.4 is 0 Å². The van der Waals surface area contributed by atoms with E-state index in [1.54, 1.807) is 14.0 Å². The molecule has 0 saturated carbocycles. The highest BCUT2D eigenvalue weighted by Gasteiger charge is 2.21. The average molecular weight is 237 g/mol. The van der Waals surface area contributed by atoms with Crippen LogP contribution in [0.3, 0.4) is 0 Å². The van der Waals surface area contributed by atoms with Gasteiger partial charge in [-0.1, -0.05) is 23.2 Å². The third-order valence-corrected chi connectivity index (χ3v) is 2.10. The molecule has 0 amide bonds. The highest BCUT2D eigenvalue weighted by atomic mass is 35.5. The predicted octanol–water partition coefficient (Wildman–Crippen LogP) is 2.07. The van der Waals surface area contributed by atoms with Crippen molar-refractivity contribution in [3.63, 3.8) is 0 Å². The lowest BCUT2D eigenvalue weighted by molar-refractivity contribution is 0.0525. The topological polar surface area (TPSA) is 44.1 Å². The number of ether oxygens (including phenoxy) is 1. The minimum atomic E-state index is -0.790. The van der Waals surface area contributed by atoms with E-state index >= 15 is 0 Å². The molecule has 0 bridgehead atoms. The van der Waals surface area contributed by atoms with Crippen LogP contribution in [-0.4, -0.2) is 22.4 Å². The Balaban J connectivity index is 3.02. The zero-order valence-corrected chi connectivity index (χ0v) is 9.34. The Labute approximate surface area is 91.7 Å². The van der Waals surface area contributed by atoms with Crippen molar-refractivity contribution in [1.82, 2.24) is 9.78 Å². The minimum absolute atomic E-state index is 0.308. The zero-order chi connectivity index (χ0) is 10.7. The minimum Gasteiger partial charge on any atom is -0.462 e. The maximum Gasteiger partial charge on any atom is 0.341 e. The summed E-state index contributed by atoms with van der Waals surface area (Å²) in [5, 5.41) is 3.89. The van der Waals surface area contributed by atoms with Gasteiger partial charge in [-0.3, -0.25) is 4.68 Å². The molecular weight excluding hydrogens is 227 g/mol. The molecule has 1 heterocycles. The number of rotatable bonds is 3. The number of nitrogens with zero attached hydrogens (tertiary/aromatic N) is 2. The van der Waals surface area contributed by atoms with Gasteiger partial charge in [-0.25, -0.2) is 4.79 Å². The van der Waals surface area contributed by atoms with Crippen LogP contribution in [0.4, 0.5) is 0 Å². The number of halogens is 2. The summed E-state index contributed by atoms with van der Waals surface area (Å²) in [6.07, 6.45) is 1.39. The average Bonchev–Trinajstić information content (AvgIpc) is 2.47. The van der Waals surface area contributed by atoms with Crippen LogP contribution in [0.5, 0.6) is 0 Å². The van der Waals surface area contributed by atoms with Gasteiger partial charge in [0, 0.05) is 7.05 Å². The highest BCUT2D eigenvalue weighted by molar-refractivity contribution is 6.44. The Kier molecular flexibility index (Phi) is 3.77. The summed E-state index contributed by atoms with van der Waals surface area (Å²) in [4.78, 5) is 10.6. The fourth-order valence-electron chi connectivity index (χ4n) is 1.07. The quantitative estimate of drug-likeness (QED) is 0.597. The lowest BCUT2D eigenvalue weighted by Gasteiger charge is -2.05. The fourth-order valence-corrected chi connectivity index (χ4v) is 1.59. The number of aryl methyl sites for hydroxylation is 1. The summed E-state index contributed by atoms with van der Waals surface area (Å²) >= 11 is 11.4. The second-order valence-electron chi connectivity index (χ2n) is 2.59. The van der Waals surface area contributed by atoms with Crippen molar-refractivity contribution >= 4 is 29.2 Å². The molecule has 0 spiro atoms. The Morgan fingerprint density at radius 3 is 2.86 bits per heavy atom. The molecule has 0 radical (unpaired) electrons. The van der Waals surface area contributed by atoms with Gasteiger partial charge >= 0.3 is 5.97 Å². The van der Waals surface area contributed by atoms with Crippen LogP contribution in [0.2, 0.25) is 0 Å². The van der Waals surface area contributed by atoms with Crippen LogP contribution in [0, 0.1) is 0 Å². The number of carbonyl (C=O) groups excluding carboxylic acids is 1. The van der Waals surface area contributed by atoms with E-state index in [1.807, 2.05) is 0 Å². The monoisotopic (exact) mass is 236 g/mol. The molecule has 6 heteroatoms. The van der Waals surface area contributed by atoms with Gasteiger partial charge in [0.15, 0.2) is 0 Å². The summed E-state index contributed by atoms with van der Waals surface area (Å²) < 4.78 is 6.28. The van der Waals surface area contributed by atoms with E-state index < -0.39 is 10.8 Å². The van der Waals surface area contributed by atoms with E-state index in [0.29, 0.717) is 17.9 Å². The van der Waals surface area contributed by atoms with Gasteiger partial charge in [-0.05, 0) is 6.92 Å². The van der Waals surface area contributed by atoms with Crippen molar-refractivity contribution in [2.75, 3.05) is 6.61 Å². The lowest BCUT2D eigenvalue weighted by Crippen LogP contribution is -2.08. The molecule has 0 aromatic carbocycles. The van der Waals surface area contributed by atoms with Gasteiger partial charge < -0.3 is 4.74 Å². The number of esters is 1. The molecule has 0 aliphatic carbocycles. The first-order chi connectivity index (χ1) is 6.57. The number of alkyl halides is 2. The largest absolute Gasteiger partial charge is 0.462 e. The summed E-state index contributed by atoms with van der Waals surface area (Å²) in [5.74, 6) is -0.457. The molecule has 4 nitrogen and oxygen atoms in total. The van der Waals surface area contributed by atoms with E-state index in [4.69, 9.17) is 27.9 Å². The Morgan fingerprint density at radius 2 is 2.36 bits per heavy atom. The molecule has 0 saturated heterocycles. The molecule has 1 aromatic rings. The van der Waals surface area contributed by atoms with Crippen LogP contribution >= 0.6 is 23.2 Å². The SMILES string of the molecule is CCOC(=O)c1cnn(C)c1C(Cl)Cl. The van der Waals surface area contributed by atoms with Crippen LogP contribution in [0.25, 0.3) is 0 Å². The number of hydrogen-bond donors (Lipinski definition) is 0. The first-order valence-corrected chi connectivity index (χ1v) is 4.92. The summed E-state index contributed by atoms with van der Waals surface area (Å²) in [7, 11) is 1.66. The smallest absolute Gasteiger partial charge is 0.341 e. The van der Waals surface area contributed by atoms with E-state index in [9.17, 15) is 4.79 Å². The van der Waals surface area contributed by atoms with Crippen molar-refractivity contribution in [3.05, 3.63) is 17.5 Å². The number of hydrogen-bond acceptors (Lipinski definition) is 3. The summed E-state index contributed by atoms with van der Waals surface area (Å²) in [6.45, 7) is 2.04. The fraction of sp³-hybridized carbons (Fsp3) is 0.500. The van der Waals surface area contributed by atoms with Gasteiger partial charge in [-0.15, -0.1) is 0 Å². The molecule has 0 N–H and O–H groups in total. The van der Waals surface area contributed by atoms with E-state index in [-0.39, 0.29) is 0 Å². The molecule has 14 heavy (non-hydrogen) atoms. The van der Waals surface area contributed by atoms with Crippen molar-refractivity contribution < 1.29 is 9.53 Å². The molecule has 1 aromatic heterocycles. The third kappa shape index (κ3) is 2.19. The van der Waals surface area contributed by atoms with Gasteiger partial charge in [0.25, 0.3) is 0 Å². The molecule has 0 aliphatic heterocycles. The second-order valence-corrected chi connectivity index (χ2v) is 3.68. The van der Waals surface area contributed by atoms with Crippen LogP contribution in [-0.2, 0) is 11.8 Å². The van der Waals surface area contributed by atoms with Gasteiger partial charge in [0.1, 0.15) is 10.4 Å². The molecule has 0 unspecified atom stereocenters. The third-order valence-electron chi connectivity index (χ3n) is 1.69. The molecule has 0 atom stereocenters. The molecule has 0 aliphatic rings. The normalized spacial score (nSPS) is 10.6. The maximum atomic E-state index is 11.4. The maximum absolute atomic E-state index is 11.4. The molecular formula is C8H10Cl2N2O2. The van der Waals surface area contributed by atoms with Crippen molar-refractivity contribution in [2.24, 2.45) is 7.05 Å². The standard InChI is InChI=1S/C8H10Cl2N2O2/c1-3-14-8(13)5-4-11-12(2)6(5)7(9)10/h4,7H,3H2,1-2H3. The van der Waals surface area contributed by atoms with E-state index in [0.717, 1.165) is 0 Å². The van der Waals surface area contributed by atoms with Crippen molar-refractivity contribution in [1.29, 1.82) is 0 Å². The van der Waals surface area contributed by atoms with Gasteiger partial charge in [0.2, 0.25) is 0 Å². The number of carbonyl (C=O) groups is 1. The number of aromatic nitrogens is 2. The molecule has 0 fully saturated rings. The molecule has 78 valence electrons. The highest BCUT2D eigenvalue weighted by Crippen LogP contribution is 2.27. The van der Waals surface area contributed by atoms with Crippen molar-refractivity contribution in [2.45, 2.75) is 11.8 Å². The first kappa shape index (κ1) is 11.3. The van der Waals surface area contributed by atoms with E-state index in [2.05, 4.69) is 5.10 Å².